The summed E-state index contributed by atoms with van der Waals surface area (Å²) in [6.45, 7) is 12.2. The summed E-state index contributed by atoms with van der Waals surface area (Å²) in [7, 11) is 0. The third-order valence-electron chi connectivity index (χ3n) is 4.00. The standard InChI is InChI=1S/C15H28N2O2/c1-6-7-17-14(18)8-13(15(17)19)16-9-12(10(2)3)11(4)5/h10-13,16H,6-9H2,1-5H3. The van der Waals surface area contributed by atoms with Gasteiger partial charge in [0.15, 0.2) is 0 Å². The molecule has 0 saturated carbocycles. The van der Waals surface area contributed by atoms with Gasteiger partial charge in [0.1, 0.15) is 0 Å². The molecule has 1 unspecified atom stereocenters. The molecule has 0 bridgehead atoms. The lowest BCUT2D eigenvalue weighted by molar-refractivity contribution is -0.138. The maximum absolute atomic E-state index is 12.1. The van der Waals surface area contributed by atoms with E-state index in [9.17, 15) is 9.59 Å². The molecule has 4 heteroatoms. The summed E-state index contributed by atoms with van der Waals surface area (Å²) in [6.07, 6.45) is 1.15. The summed E-state index contributed by atoms with van der Waals surface area (Å²) in [5, 5.41) is 3.30. The quantitative estimate of drug-likeness (QED) is 0.719. The van der Waals surface area contributed by atoms with Crippen LogP contribution >= 0.6 is 0 Å². The van der Waals surface area contributed by atoms with Crippen LogP contribution in [0.15, 0.2) is 0 Å². The van der Waals surface area contributed by atoms with Gasteiger partial charge in [-0.25, -0.2) is 0 Å². The van der Waals surface area contributed by atoms with Crippen LogP contribution in [-0.2, 0) is 9.59 Å². The van der Waals surface area contributed by atoms with Gasteiger partial charge in [-0.05, 0) is 30.7 Å². The lowest BCUT2D eigenvalue weighted by Crippen LogP contribution is -2.42. The van der Waals surface area contributed by atoms with Crippen LogP contribution in [0.5, 0.6) is 0 Å². The smallest absolute Gasteiger partial charge is 0.246 e. The van der Waals surface area contributed by atoms with Crippen LogP contribution in [-0.4, -0.2) is 35.8 Å². The van der Waals surface area contributed by atoms with Gasteiger partial charge in [-0.15, -0.1) is 0 Å². The normalized spacial score (nSPS) is 20.4. The van der Waals surface area contributed by atoms with E-state index < -0.39 is 0 Å². The second-order valence-corrected chi connectivity index (χ2v) is 6.20. The highest BCUT2D eigenvalue weighted by Gasteiger charge is 2.38. The number of likely N-dealkylation sites (tertiary alicyclic amines) is 1. The van der Waals surface area contributed by atoms with Crippen molar-refractivity contribution in [3.8, 4) is 0 Å². The van der Waals surface area contributed by atoms with Crippen molar-refractivity contribution in [1.82, 2.24) is 10.2 Å². The number of imide groups is 1. The number of carbonyl (C=O) groups is 2. The van der Waals surface area contributed by atoms with Gasteiger partial charge in [0.2, 0.25) is 11.8 Å². The number of carbonyl (C=O) groups excluding carboxylic acids is 2. The van der Waals surface area contributed by atoms with E-state index in [1.807, 2.05) is 6.92 Å². The topological polar surface area (TPSA) is 49.4 Å². The minimum Gasteiger partial charge on any atom is -0.305 e. The van der Waals surface area contributed by atoms with E-state index in [2.05, 4.69) is 33.0 Å². The van der Waals surface area contributed by atoms with Crippen LogP contribution in [0, 0.1) is 17.8 Å². The van der Waals surface area contributed by atoms with Crippen molar-refractivity contribution < 1.29 is 9.59 Å². The Morgan fingerprint density at radius 2 is 1.79 bits per heavy atom. The lowest BCUT2D eigenvalue weighted by Gasteiger charge is -2.26. The first-order chi connectivity index (χ1) is 8.88. The zero-order valence-electron chi connectivity index (χ0n) is 12.9. The molecule has 0 radical (unpaired) electrons. The molecule has 0 aromatic carbocycles. The Morgan fingerprint density at radius 1 is 1.21 bits per heavy atom. The molecule has 0 aromatic heterocycles. The number of hydrogen-bond acceptors (Lipinski definition) is 3. The van der Waals surface area contributed by atoms with E-state index in [1.165, 1.54) is 4.90 Å². The number of nitrogens with one attached hydrogen (secondary N) is 1. The van der Waals surface area contributed by atoms with Crippen molar-refractivity contribution >= 4 is 11.8 Å². The van der Waals surface area contributed by atoms with E-state index in [1.54, 1.807) is 0 Å². The van der Waals surface area contributed by atoms with Gasteiger partial charge in [0, 0.05) is 6.54 Å². The average Bonchev–Trinajstić information content (AvgIpc) is 2.57. The summed E-state index contributed by atoms with van der Waals surface area (Å²) in [5.41, 5.74) is 0. The van der Waals surface area contributed by atoms with Crippen molar-refractivity contribution in [2.24, 2.45) is 17.8 Å². The number of rotatable bonds is 7. The molecule has 0 spiro atoms. The van der Waals surface area contributed by atoms with Gasteiger partial charge >= 0.3 is 0 Å². The van der Waals surface area contributed by atoms with Crippen molar-refractivity contribution in [2.45, 2.75) is 53.5 Å². The van der Waals surface area contributed by atoms with E-state index in [0.717, 1.165) is 13.0 Å². The van der Waals surface area contributed by atoms with Gasteiger partial charge in [-0.3, -0.25) is 14.5 Å². The predicted molar refractivity (Wildman–Crippen MR) is 76.6 cm³/mol. The molecule has 1 aliphatic heterocycles. The average molecular weight is 268 g/mol. The van der Waals surface area contributed by atoms with Gasteiger partial charge in [0.05, 0.1) is 12.5 Å². The minimum atomic E-state index is -0.306. The fourth-order valence-electron chi connectivity index (χ4n) is 2.82. The molecular weight excluding hydrogens is 240 g/mol. The zero-order valence-corrected chi connectivity index (χ0v) is 12.9. The molecule has 0 aliphatic carbocycles. The Balaban J connectivity index is 2.54. The largest absolute Gasteiger partial charge is 0.305 e. The van der Waals surface area contributed by atoms with Crippen molar-refractivity contribution in [2.75, 3.05) is 13.1 Å². The van der Waals surface area contributed by atoms with Gasteiger partial charge in [0.25, 0.3) is 0 Å². The molecule has 1 fully saturated rings. The molecule has 0 aromatic rings. The fourth-order valence-corrected chi connectivity index (χ4v) is 2.82. The van der Waals surface area contributed by atoms with Crippen LogP contribution in [0.2, 0.25) is 0 Å². The highest BCUT2D eigenvalue weighted by Crippen LogP contribution is 2.21. The summed E-state index contributed by atoms with van der Waals surface area (Å²) < 4.78 is 0. The summed E-state index contributed by atoms with van der Waals surface area (Å²) in [5.74, 6) is 1.61. The third-order valence-corrected chi connectivity index (χ3v) is 4.00. The first-order valence-corrected chi connectivity index (χ1v) is 7.46. The van der Waals surface area contributed by atoms with Crippen LogP contribution < -0.4 is 5.32 Å². The number of nitrogens with zero attached hydrogens (tertiary/aromatic N) is 1. The zero-order chi connectivity index (χ0) is 14.6. The highest BCUT2D eigenvalue weighted by atomic mass is 16.2. The Hall–Kier alpha value is -0.900. The molecule has 1 atom stereocenters. The molecule has 1 aliphatic rings. The van der Waals surface area contributed by atoms with E-state index in [-0.39, 0.29) is 17.9 Å². The van der Waals surface area contributed by atoms with Crippen LogP contribution in [0.3, 0.4) is 0 Å². The first kappa shape index (κ1) is 16.2. The van der Waals surface area contributed by atoms with Crippen molar-refractivity contribution in [1.29, 1.82) is 0 Å². The van der Waals surface area contributed by atoms with E-state index in [4.69, 9.17) is 0 Å². The molecule has 1 saturated heterocycles. The summed E-state index contributed by atoms with van der Waals surface area (Å²) in [6, 6.07) is -0.306. The first-order valence-electron chi connectivity index (χ1n) is 7.46. The lowest BCUT2D eigenvalue weighted by atomic mass is 9.85. The monoisotopic (exact) mass is 268 g/mol. The fraction of sp³-hybridized carbons (Fsp3) is 0.867. The van der Waals surface area contributed by atoms with Gasteiger partial charge in [-0.2, -0.15) is 0 Å². The number of hydrogen-bond donors (Lipinski definition) is 1. The van der Waals surface area contributed by atoms with Gasteiger partial charge in [-0.1, -0.05) is 34.6 Å². The maximum Gasteiger partial charge on any atom is 0.246 e. The molecule has 4 nitrogen and oxygen atoms in total. The van der Waals surface area contributed by atoms with Crippen LogP contribution in [0.1, 0.15) is 47.5 Å². The summed E-state index contributed by atoms with van der Waals surface area (Å²) >= 11 is 0. The van der Waals surface area contributed by atoms with Crippen molar-refractivity contribution in [3.05, 3.63) is 0 Å². The second kappa shape index (κ2) is 7.04. The molecule has 1 heterocycles. The van der Waals surface area contributed by atoms with Crippen LogP contribution in [0.4, 0.5) is 0 Å². The molecule has 19 heavy (non-hydrogen) atoms. The molecular formula is C15H28N2O2. The Kier molecular flexibility index (Phi) is 5.98. The highest BCUT2D eigenvalue weighted by molar-refractivity contribution is 6.05. The van der Waals surface area contributed by atoms with E-state index >= 15 is 0 Å². The molecule has 2 amide bonds. The van der Waals surface area contributed by atoms with Gasteiger partial charge < -0.3 is 5.32 Å². The SMILES string of the molecule is CCCN1C(=O)CC(NCC(C(C)C)C(C)C)C1=O. The Bertz CT molecular complexity index is 318. The minimum absolute atomic E-state index is 0.0324. The third kappa shape index (κ3) is 4.03. The van der Waals surface area contributed by atoms with Crippen molar-refractivity contribution in [3.63, 3.8) is 0 Å². The Labute approximate surface area is 116 Å². The molecule has 110 valence electrons. The van der Waals surface area contributed by atoms with E-state index in [0.29, 0.717) is 30.7 Å². The second-order valence-electron chi connectivity index (χ2n) is 6.20. The predicted octanol–water partition coefficient (Wildman–Crippen LogP) is 2.04. The molecule has 1 rings (SSSR count). The summed E-state index contributed by atoms with van der Waals surface area (Å²) in [4.78, 5) is 25.3. The molecule has 1 N–H and O–H groups in total. The van der Waals surface area contributed by atoms with Crippen LogP contribution in [0.25, 0.3) is 0 Å². The Morgan fingerprint density at radius 3 is 2.26 bits per heavy atom. The maximum atomic E-state index is 12.1. The number of amides is 2.